The van der Waals surface area contributed by atoms with Crippen LogP contribution in [-0.4, -0.2) is 28.5 Å². The van der Waals surface area contributed by atoms with E-state index in [0.29, 0.717) is 28.6 Å². The molecule has 0 saturated carbocycles. The van der Waals surface area contributed by atoms with E-state index < -0.39 is 0 Å². The van der Waals surface area contributed by atoms with Gasteiger partial charge in [-0.15, -0.1) is 11.3 Å². The van der Waals surface area contributed by atoms with Crippen molar-refractivity contribution in [3.8, 4) is 0 Å². The molecule has 1 fully saturated rings. The van der Waals surface area contributed by atoms with Gasteiger partial charge in [0.15, 0.2) is 0 Å². The average Bonchev–Trinajstić information content (AvgIpc) is 3.07. The number of aromatic nitrogens is 1. The number of fused-ring (bicyclic) bond motifs is 3. The fourth-order valence-electron chi connectivity index (χ4n) is 4.31. The molecule has 2 unspecified atom stereocenters. The summed E-state index contributed by atoms with van der Waals surface area (Å²) >= 11 is 1.46. The molecule has 0 N–H and O–H groups in total. The summed E-state index contributed by atoms with van der Waals surface area (Å²) < 4.78 is 2.72. The lowest BCUT2D eigenvalue weighted by molar-refractivity contribution is 0.0628. The predicted molar refractivity (Wildman–Crippen MR) is 108 cm³/mol. The summed E-state index contributed by atoms with van der Waals surface area (Å²) in [6.45, 7) is 8.61. The van der Waals surface area contributed by atoms with Gasteiger partial charge in [0, 0.05) is 29.7 Å². The second kappa shape index (κ2) is 6.54. The molecule has 1 amide bonds. The summed E-state index contributed by atoms with van der Waals surface area (Å²) in [4.78, 5) is 28.7. The summed E-state index contributed by atoms with van der Waals surface area (Å²) in [6, 6.07) is 9.78. The standard InChI is InChI=1S/C21H24N2O2S/c1-4-23-17-8-6-5-7-15(17)19-16(20(23)24)10-18(26-19)21(25)22-11-13(2)9-14(3)12-22/h5-8,10,13-14H,4,9,11-12H2,1-3H3. The Kier molecular flexibility index (Phi) is 4.35. The van der Waals surface area contributed by atoms with E-state index in [2.05, 4.69) is 13.8 Å². The van der Waals surface area contributed by atoms with E-state index in [-0.39, 0.29) is 11.5 Å². The Morgan fingerprint density at radius 3 is 2.54 bits per heavy atom. The molecule has 1 aliphatic heterocycles. The number of para-hydroxylation sites is 1. The molecule has 3 aromatic rings. The van der Waals surface area contributed by atoms with Gasteiger partial charge in [0.2, 0.25) is 0 Å². The van der Waals surface area contributed by atoms with Gasteiger partial charge in [0.05, 0.1) is 15.8 Å². The van der Waals surface area contributed by atoms with Crippen molar-refractivity contribution in [2.45, 2.75) is 33.7 Å². The van der Waals surface area contributed by atoms with E-state index in [4.69, 9.17) is 0 Å². The van der Waals surface area contributed by atoms with Crippen molar-refractivity contribution < 1.29 is 4.79 Å². The van der Waals surface area contributed by atoms with Crippen LogP contribution < -0.4 is 5.56 Å². The summed E-state index contributed by atoms with van der Waals surface area (Å²) in [5.74, 6) is 1.11. The molecule has 4 nitrogen and oxygen atoms in total. The summed E-state index contributed by atoms with van der Waals surface area (Å²) in [7, 11) is 0. The van der Waals surface area contributed by atoms with Crippen molar-refractivity contribution in [2.24, 2.45) is 11.8 Å². The molecule has 0 radical (unpaired) electrons. The number of hydrogen-bond acceptors (Lipinski definition) is 3. The number of benzene rings is 1. The maximum atomic E-state index is 13.1. The highest BCUT2D eigenvalue weighted by molar-refractivity contribution is 7.21. The zero-order valence-corrected chi connectivity index (χ0v) is 16.3. The molecule has 1 saturated heterocycles. The lowest BCUT2D eigenvalue weighted by atomic mass is 9.92. The number of rotatable bonds is 2. The number of nitrogens with zero attached hydrogens (tertiary/aromatic N) is 2. The Morgan fingerprint density at radius 2 is 1.85 bits per heavy atom. The first-order chi connectivity index (χ1) is 12.5. The van der Waals surface area contributed by atoms with E-state index in [1.807, 2.05) is 42.2 Å². The first-order valence-corrected chi connectivity index (χ1v) is 10.2. The van der Waals surface area contributed by atoms with Crippen LogP contribution in [0.3, 0.4) is 0 Å². The van der Waals surface area contributed by atoms with Crippen LogP contribution in [-0.2, 0) is 6.54 Å². The highest BCUT2D eigenvalue weighted by atomic mass is 32.1. The molecule has 2 atom stereocenters. The van der Waals surface area contributed by atoms with Crippen LogP contribution in [0.4, 0.5) is 0 Å². The minimum absolute atomic E-state index is 0.00289. The molecule has 0 bridgehead atoms. The lowest BCUT2D eigenvalue weighted by Gasteiger charge is -2.34. The smallest absolute Gasteiger partial charge is 0.263 e. The number of amides is 1. The van der Waals surface area contributed by atoms with Crippen molar-refractivity contribution in [2.75, 3.05) is 13.1 Å². The van der Waals surface area contributed by atoms with E-state index in [0.717, 1.165) is 28.7 Å². The second-order valence-corrected chi connectivity index (χ2v) is 8.63. The van der Waals surface area contributed by atoms with Crippen LogP contribution in [0.25, 0.3) is 21.0 Å². The van der Waals surface area contributed by atoms with Crippen molar-refractivity contribution in [1.82, 2.24) is 9.47 Å². The van der Waals surface area contributed by atoms with Crippen LogP contribution in [0.2, 0.25) is 0 Å². The monoisotopic (exact) mass is 368 g/mol. The molecule has 1 aliphatic rings. The summed E-state index contributed by atoms with van der Waals surface area (Å²) in [5, 5.41) is 1.71. The third-order valence-corrected chi connectivity index (χ3v) is 6.49. The molecule has 0 aliphatic carbocycles. The van der Waals surface area contributed by atoms with E-state index in [1.54, 1.807) is 4.57 Å². The number of thiophene rings is 1. The third-order valence-electron chi connectivity index (χ3n) is 5.33. The molecular weight excluding hydrogens is 344 g/mol. The lowest BCUT2D eigenvalue weighted by Crippen LogP contribution is -2.42. The van der Waals surface area contributed by atoms with E-state index >= 15 is 0 Å². The molecule has 5 heteroatoms. The zero-order chi connectivity index (χ0) is 18.4. The highest BCUT2D eigenvalue weighted by Gasteiger charge is 2.27. The van der Waals surface area contributed by atoms with Crippen LogP contribution in [0.5, 0.6) is 0 Å². The van der Waals surface area contributed by atoms with Crippen LogP contribution >= 0.6 is 11.3 Å². The quantitative estimate of drug-likeness (QED) is 0.675. The number of piperidine rings is 1. The first kappa shape index (κ1) is 17.3. The first-order valence-electron chi connectivity index (χ1n) is 9.34. The summed E-state index contributed by atoms with van der Waals surface area (Å²) in [6.07, 6.45) is 1.17. The minimum atomic E-state index is -0.00289. The van der Waals surface area contributed by atoms with Gasteiger partial charge in [-0.1, -0.05) is 32.0 Å². The maximum Gasteiger partial charge on any atom is 0.263 e. The molecular formula is C21H24N2O2S. The number of aryl methyl sites for hydroxylation is 1. The Balaban J connectivity index is 1.85. The Bertz CT molecular complexity index is 1040. The van der Waals surface area contributed by atoms with Gasteiger partial charge in [-0.3, -0.25) is 9.59 Å². The zero-order valence-electron chi connectivity index (χ0n) is 15.5. The minimum Gasteiger partial charge on any atom is -0.337 e. The Labute approximate surface area is 157 Å². The Morgan fingerprint density at radius 1 is 1.15 bits per heavy atom. The molecule has 4 rings (SSSR count). The number of likely N-dealkylation sites (tertiary alicyclic amines) is 1. The Hall–Kier alpha value is -2.14. The van der Waals surface area contributed by atoms with Gasteiger partial charge < -0.3 is 9.47 Å². The van der Waals surface area contributed by atoms with Crippen LogP contribution in [0.1, 0.15) is 36.9 Å². The topological polar surface area (TPSA) is 42.3 Å². The van der Waals surface area contributed by atoms with Gasteiger partial charge in [0.1, 0.15) is 0 Å². The molecule has 3 heterocycles. The second-order valence-electron chi connectivity index (χ2n) is 7.58. The van der Waals surface area contributed by atoms with Crippen molar-refractivity contribution >= 4 is 38.2 Å². The van der Waals surface area contributed by atoms with E-state index in [1.165, 1.54) is 17.8 Å². The molecule has 1 aromatic carbocycles. The van der Waals surface area contributed by atoms with E-state index in [9.17, 15) is 9.59 Å². The van der Waals surface area contributed by atoms with Gasteiger partial charge in [-0.25, -0.2) is 0 Å². The molecule has 2 aromatic heterocycles. The average molecular weight is 369 g/mol. The molecule has 136 valence electrons. The summed E-state index contributed by atoms with van der Waals surface area (Å²) in [5.41, 5.74) is 0.936. The van der Waals surface area contributed by atoms with Gasteiger partial charge >= 0.3 is 0 Å². The van der Waals surface area contributed by atoms with Gasteiger partial charge in [0.25, 0.3) is 11.5 Å². The normalized spacial score (nSPS) is 20.8. The number of carbonyl (C=O) groups excluding carboxylic acids is 1. The van der Waals surface area contributed by atoms with Gasteiger partial charge in [-0.05, 0) is 37.3 Å². The maximum absolute atomic E-state index is 13.1. The predicted octanol–water partition coefficient (Wildman–Crippen LogP) is 4.35. The van der Waals surface area contributed by atoms with Crippen LogP contribution in [0, 0.1) is 11.8 Å². The van der Waals surface area contributed by atoms with Gasteiger partial charge in [-0.2, -0.15) is 0 Å². The fraction of sp³-hybridized carbons (Fsp3) is 0.429. The fourth-order valence-corrected chi connectivity index (χ4v) is 5.46. The number of pyridine rings is 1. The number of carbonyl (C=O) groups is 1. The van der Waals surface area contributed by atoms with Crippen molar-refractivity contribution in [1.29, 1.82) is 0 Å². The van der Waals surface area contributed by atoms with Crippen molar-refractivity contribution in [3.63, 3.8) is 0 Å². The highest BCUT2D eigenvalue weighted by Crippen LogP contribution is 2.32. The SMILES string of the molecule is CCn1c(=O)c2cc(C(=O)N3CC(C)CC(C)C3)sc2c2ccccc21. The third kappa shape index (κ3) is 2.75. The van der Waals surface area contributed by atoms with Crippen LogP contribution in [0.15, 0.2) is 35.1 Å². The largest absolute Gasteiger partial charge is 0.337 e. The van der Waals surface area contributed by atoms with Crippen molar-refractivity contribution in [3.05, 3.63) is 45.6 Å². The molecule has 26 heavy (non-hydrogen) atoms. The number of hydrogen-bond donors (Lipinski definition) is 0. The molecule has 0 spiro atoms.